The van der Waals surface area contributed by atoms with Gasteiger partial charge in [-0.05, 0) is 31.8 Å². The predicted octanol–water partition coefficient (Wildman–Crippen LogP) is 1.36. The topological polar surface area (TPSA) is 40.5 Å². The molecule has 0 radical (unpaired) electrons. The van der Waals surface area contributed by atoms with Crippen LogP contribution in [0.3, 0.4) is 0 Å². The van der Waals surface area contributed by atoms with Gasteiger partial charge in [0, 0.05) is 13.0 Å². The number of nitrogens with zero attached hydrogens (tertiary/aromatic N) is 1. The fraction of sp³-hybridized carbons (Fsp3) is 0.700. The minimum Gasteiger partial charge on any atom is -0.481 e. The summed E-state index contributed by atoms with van der Waals surface area (Å²) in [7, 11) is 0. The summed E-state index contributed by atoms with van der Waals surface area (Å²) in [5, 5.41) is 8.61. The Hall–Kier alpha value is -0.830. The molecule has 1 N–H and O–H groups in total. The molecule has 0 bridgehead atoms. The van der Waals surface area contributed by atoms with E-state index in [-0.39, 0.29) is 0 Å². The Morgan fingerprint density at radius 2 is 2.15 bits per heavy atom. The van der Waals surface area contributed by atoms with E-state index in [1.165, 1.54) is 0 Å². The molecule has 1 fully saturated rings. The number of rotatable bonds is 4. The quantitative estimate of drug-likeness (QED) is 0.669. The highest BCUT2D eigenvalue weighted by molar-refractivity contribution is 5.67. The maximum atomic E-state index is 10.4. The molecule has 0 aromatic rings. The molecule has 3 heteroatoms. The number of carbonyl (C=O) groups is 1. The predicted molar refractivity (Wildman–Crippen MR) is 51.6 cm³/mol. The third-order valence-electron chi connectivity index (χ3n) is 2.56. The van der Waals surface area contributed by atoms with E-state index in [4.69, 9.17) is 5.11 Å². The second-order valence-electron chi connectivity index (χ2n) is 3.63. The summed E-state index contributed by atoms with van der Waals surface area (Å²) in [5.74, 6) is -0.277. The molecule has 0 saturated carbocycles. The molecule has 1 aliphatic rings. The molecule has 1 rings (SSSR count). The molecule has 13 heavy (non-hydrogen) atoms. The Bertz CT molecular complexity index is 183. The SMILES string of the molecule is C=CCN1CCC(CC(=O)O)CC1. The van der Waals surface area contributed by atoms with E-state index in [9.17, 15) is 4.79 Å². The zero-order chi connectivity index (χ0) is 9.68. The average Bonchev–Trinajstić information content (AvgIpc) is 2.08. The molecule has 3 nitrogen and oxygen atoms in total. The molecule has 0 aliphatic carbocycles. The smallest absolute Gasteiger partial charge is 0.303 e. The van der Waals surface area contributed by atoms with Gasteiger partial charge in [-0.15, -0.1) is 6.58 Å². The van der Waals surface area contributed by atoms with Crippen LogP contribution in [-0.2, 0) is 4.79 Å². The van der Waals surface area contributed by atoms with Gasteiger partial charge >= 0.3 is 5.97 Å². The Balaban J connectivity index is 2.22. The second-order valence-corrected chi connectivity index (χ2v) is 3.63. The number of carboxylic acids is 1. The lowest BCUT2D eigenvalue weighted by atomic mass is 9.94. The summed E-state index contributed by atoms with van der Waals surface area (Å²) in [6, 6.07) is 0. The zero-order valence-electron chi connectivity index (χ0n) is 7.91. The van der Waals surface area contributed by atoms with Gasteiger partial charge in [-0.3, -0.25) is 9.69 Å². The van der Waals surface area contributed by atoms with Crippen molar-refractivity contribution in [1.82, 2.24) is 4.90 Å². The lowest BCUT2D eigenvalue weighted by Crippen LogP contribution is -2.34. The standard InChI is InChI=1S/C10H17NO2/c1-2-5-11-6-3-9(4-7-11)8-10(12)13/h2,9H,1,3-8H2,(H,12,13). The summed E-state index contributed by atoms with van der Waals surface area (Å²) in [4.78, 5) is 12.8. The zero-order valence-corrected chi connectivity index (χ0v) is 7.91. The summed E-state index contributed by atoms with van der Waals surface area (Å²) >= 11 is 0. The minimum absolute atomic E-state index is 0.335. The Kier molecular flexibility index (Phi) is 3.96. The maximum absolute atomic E-state index is 10.4. The largest absolute Gasteiger partial charge is 0.481 e. The highest BCUT2D eigenvalue weighted by Gasteiger charge is 2.20. The van der Waals surface area contributed by atoms with E-state index in [2.05, 4.69) is 11.5 Å². The van der Waals surface area contributed by atoms with Crippen LogP contribution < -0.4 is 0 Å². The van der Waals surface area contributed by atoms with Crippen molar-refractivity contribution >= 4 is 5.97 Å². The average molecular weight is 183 g/mol. The molecule has 1 heterocycles. The number of piperidine rings is 1. The van der Waals surface area contributed by atoms with Gasteiger partial charge in [0.25, 0.3) is 0 Å². The summed E-state index contributed by atoms with van der Waals surface area (Å²) in [6.07, 6.45) is 4.26. The summed E-state index contributed by atoms with van der Waals surface area (Å²) < 4.78 is 0. The van der Waals surface area contributed by atoms with E-state index in [1.807, 2.05) is 6.08 Å². The molecule has 1 aliphatic heterocycles. The van der Waals surface area contributed by atoms with Crippen molar-refractivity contribution in [2.75, 3.05) is 19.6 Å². The lowest BCUT2D eigenvalue weighted by Gasteiger charge is -2.30. The molecule has 0 unspecified atom stereocenters. The molecular formula is C10H17NO2. The van der Waals surface area contributed by atoms with Crippen LogP contribution in [0.5, 0.6) is 0 Å². The molecule has 0 atom stereocenters. The molecule has 0 amide bonds. The summed E-state index contributed by atoms with van der Waals surface area (Å²) in [5.41, 5.74) is 0. The van der Waals surface area contributed by atoms with Crippen molar-refractivity contribution in [3.05, 3.63) is 12.7 Å². The van der Waals surface area contributed by atoms with Crippen molar-refractivity contribution < 1.29 is 9.90 Å². The Morgan fingerprint density at radius 3 is 2.62 bits per heavy atom. The first kappa shape index (κ1) is 10.3. The number of likely N-dealkylation sites (tertiary alicyclic amines) is 1. The molecule has 0 aromatic heterocycles. The molecule has 0 aromatic carbocycles. The highest BCUT2D eigenvalue weighted by Crippen LogP contribution is 2.19. The fourth-order valence-corrected chi connectivity index (χ4v) is 1.80. The Morgan fingerprint density at radius 1 is 1.54 bits per heavy atom. The Labute approximate surface area is 79.0 Å². The van der Waals surface area contributed by atoms with Crippen LogP contribution >= 0.6 is 0 Å². The highest BCUT2D eigenvalue weighted by atomic mass is 16.4. The molecule has 74 valence electrons. The van der Waals surface area contributed by atoms with Crippen LogP contribution in [0.15, 0.2) is 12.7 Å². The van der Waals surface area contributed by atoms with Gasteiger partial charge in [-0.25, -0.2) is 0 Å². The van der Waals surface area contributed by atoms with Crippen molar-refractivity contribution in [1.29, 1.82) is 0 Å². The van der Waals surface area contributed by atoms with Gasteiger partial charge in [0.15, 0.2) is 0 Å². The number of aliphatic carboxylic acids is 1. The summed E-state index contributed by atoms with van der Waals surface area (Å²) in [6.45, 7) is 6.65. The maximum Gasteiger partial charge on any atom is 0.303 e. The second kappa shape index (κ2) is 5.02. The van der Waals surface area contributed by atoms with Gasteiger partial charge in [-0.2, -0.15) is 0 Å². The van der Waals surface area contributed by atoms with Crippen molar-refractivity contribution in [2.24, 2.45) is 5.92 Å². The first-order valence-corrected chi connectivity index (χ1v) is 4.77. The van der Waals surface area contributed by atoms with E-state index >= 15 is 0 Å². The van der Waals surface area contributed by atoms with Crippen LogP contribution in [0.25, 0.3) is 0 Å². The van der Waals surface area contributed by atoms with Crippen molar-refractivity contribution in [3.8, 4) is 0 Å². The van der Waals surface area contributed by atoms with Crippen molar-refractivity contribution in [3.63, 3.8) is 0 Å². The number of hydrogen-bond donors (Lipinski definition) is 1. The molecule has 1 saturated heterocycles. The third kappa shape index (κ3) is 3.59. The van der Waals surface area contributed by atoms with E-state index in [0.29, 0.717) is 12.3 Å². The van der Waals surface area contributed by atoms with Gasteiger partial charge in [0.05, 0.1) is 0 Å². The van der Waals surface area contributed by atoms with Gasteiger partial charge in [0.1, 0.15) is 0 Å². The monoisotopic (exact) mass is 183 g/mol. The number of hydrogen-bond acceptors (Lipinski definition) is 2. The van der Waals surface area contributed by atoms with E-state index < -0.39 is 5.97 Å². The van der Waals surface area contributed by atoms with Crippen LogP contribution in [0.1, 0.15) is 19.3 Å². The lowest BCUT2D eigenvalue weighted by molar-refractivity contribution is -0.138. The van der Waals surface area contributed by atoms with E-state index in [1.54, 1.807) is 0 Å². The normalized spacial score (nSPS) is 20.0. The third-order valence-corrected chi connectivity index (χ3v) is 2.56. The van der Waals surface area contributed by atoms with Crippen LogP contribution in [-0.4, -0.2) is 35.6 Å². The first-order valence-electron chi connectivity index (χ1n) is 4.77. The van der Waals surface area contributed by atoms with E-state index in [0.717, 1.165) is 32.5 Å². The van der Waals surface area contributed by atoms with Gasteiger partial charge in [0.2, 0.25) is 0 Å². The number of carboxylic acid groups (broad SMARTS) is 1. The first-order chi connectivity index (χ1) is 6.22. The van der Waals surface area contributed by atoms with Crippen molar-refractivity contribution in [2.45, 2.75) is 19.3 Å². The van der Waals surface area contributed by atoms with Crippen LogP contribution in [0.4, 0.5) is 0 Å². The molecular weight excluding hydrogens is 166 g/mol. The van der Waals surface area contributed by atoms with Crippen LogP contribution in [0.2, 0.25) is 0 Å². The van der Waals surface area contributed by atoms with Gasteiger partial charge < -0.3 is 5.11 Å². The van der Waals surface area contributed by atoms with Crippen LogP contribution in [0, 0.1) is 5.92 Å². The fourth-order valence-electron chi connectivity index (χ4n) is 1.80. The van der Waals surface area contributed by atoms with Gasteiger partial charge in [-0.1, -0.05) is 6.08 Å². The molecule has 0 spiro atoms. The minimum atomic E-state index is -0.665.